The molecule has 0 radical (unpaired) electrons. The van der Waals surface area contributed by atoms with Gasteiger partial charge >= 0.3 is 5.97 Å². The van der Waals surface area contributed by atoms with Gasteiger partial charge < -0.3 is 19.9 Å². The number of carbonyl (C=O) groups is 1. The zero-order chi connectivity index (χ0) is 21.0. The van der Waals surface area contributed by atoms with Crippen LogP contribution in [-0.2, 0) is 28.5 Å². The molecule has 156 valence electrons. The van der Waals surface area contributed by atoms with Crippen molar-refractivity contribution in [2.75, 3.05) is 13.7 Å². The number of benzene rings is 2. The second-order valence-electron chi connectivity index (χ2n) is 6.67. The Morgan fingerprint density at radius 3 is 2.34 bits per heavy atom. The number of nitrogens with two attached hydrogens (primary N) is 1. The molecule has 0 amide bonds. The third kappa shape index (κ3) is 5.01. The zero-order valence-corrected chi connectivity index (χ0v) is 16.9. The maximum absolute atomic E-state index is 12.8. The molecule has 1 heterocycles. The maximum atomic E-state index is 12.8. The average molecular weight is 421 g/mol. The number of aryl methyl sites for hydroxylation is 1. The van der Waals surface area contributed by atoms with E-state index >= 15 is 0 Å². The van der Waals surface area contributed by atoms with Crippen LogP contribution in [0.5, 0.6) is 0 Å². The van der Waals surface area contributed by atoms with Crippen LogP contribution in [-0.4, -0.2) is 52.6 Å². The Balaban J connectivity index is 1.86. The lowest BCUT2D eigenvalue weighted by molar-refractivity contribution is -0.232. The van der Waals surface area contributed by atoms with Gasteiger partial charge in [0, 0.05) is 7.11 Å². The van der Waals surface area contributed by atoms with E-state index in [4.69, 9.17) is 24.1 Å². The molecule has 0 aliphatic carbocycles. The predicted octanol–water partition coefficient (Wildman–Crippen LogP) is 1.62. The summed E-state index contributed by atoms with van der Waals surface area (Å²) < 4.78 is 47.1. The molecule has 29 heavy (non-hydrogen) atoms. The van der Waals surface area contributed by atoms with Crippen molar-refractivity contribution in [3.63, 3.8) is 0 Å². The van der Waals surface area contributed by atoms with E-state index < -0.39 is 40.6 Å². The van der Waals surface area contributed by atoms with E-state index in [1.165, 1.54) is 19.2 Å². The topological polar surface area (TPSA) is 114 Å². The van der Waals surface area contributed by atoms with Crippen molar-refractivity contribution in [2.24, 2.45) is 5.73 Å². The number of methoxy groups -OCH3 is 1. The third-order valence-corrected chi connectivity index (χ3v) is 5.82. The molecule has 1 fully saturated rings. The Hall–Kier alpha value is -2.30. The highest BCUT2D eigenvalue weighted by Gasteiger charge is 2.45. The first-order valence-electron chi connectivity index (χ1n) is 8.98. The Kier molecular flexibility index (Phi) is 6.66. The summed E-state index contributed by atoms with van der Waals surface area (Å²) in [5, 5.41) is 0. The minimum atomic E-state index is -4.16. The molecule has 0 bridgehead atoms. The fourth-order valence-corrected chi connectivity index (χ4v) is 4.04. The molecular formula is C20H23NO7S. The summed E-state index contributed by atoms with van der Waals surface area (Å²) in [6, 6.07) is 13.6. The first-order chi connectivity index (χ1) is 13.8. The lowest BCUT2D eigenvalue weighted by Gasteiger charge is -2.39. The molecule has 1 saturated heterocycles. The first kappa shape index (κ1) is 21.4. The largest absolute Gasteiger partial charge is 0.450 e. The molecule has 4 atom stereocenters. The Labute approximate surface area is 169 Å². The molecule has 8 nitrogen and oxygen atoms in total. The fraction of sp³-hybridized carbons (Fsp3) is 0.350. The quantitative estimate of drug-likeness (QED) is 0.553. The van der Waals surface area contributed by atoms with Crippen LogP contribution in [0.4, 0.5) is 0 Å². The molecule has 1 aliphatic heterocycles. The molecule has 2 aromatic rings. The highest BCUT2D eigenvalue weighted by Crippen LogP contribution is 2.26. The van der Waals surface area contributed by atoms with Gasteiger partial charge in [0.25, 0.3) is 10.1 Å². The number of hydrogen-bond donors (Lipinski definition) is 1. The van der Waals surface area contributed by atoms with Gasteiger partial charge in [-0.15, -0.1) is 0 Å². The van der Waals surface area contributed by atoms with Crippen LogP contribution >= 0.6 is 0 Å². The highest BCUT2D eigenvalue weighted by atomic mass is 32.2. The molecule has 0 spiro atoms. The molecule has 0 aromatic heterocycles. The fourth-order valence-electron chi connectivity index (χ4n) is 2.92. The van der Waals surface area contributed by atoms with Crippen molar-refractivity contribution in [3.05, 3.63) is 65.7 Å². The molecular weight excluding hydrogens is 398 g/mol. The van der Waals surface area contributed by atoms with E-state index in [2.05, 4.69) is 0 Å². The van der Waals surface area contributed by atoms with Gasteiger partial charge in [0.2, 0.25) is 0 Å². The Morgan fingerprint density at radius 1 is 1.07 bits per heavy atom. The highest BCUT2D eigenvalue weighted by molar-refractivity contribution is 7.86. The van der Waals surface area contributed by atoms with Gasteiger partial charge in [0.05, 0.1) is 23.1 Å². The van der Waals surface area contributed by atoms with Crippen LogP contribution in [0, 0.1) is 6.92 Å². The SMILES string of the molecule is CO[C@H]1OC[C@H](N)[C@H](OS(=O)(=O)c2ccc(C)cc2)[C@H]1OC(=O)c1ccccc1. The van der Waals surface area contributed by atoms with Crippen LogP contribution in [0.3, 0.4) is 0 Å². The zero-order valence-electron chi connectivity index (χ0n) is 16.1. The second kappa shape index (κ2) is 9.02. The van der Waals surface area contributed by atoms with Gasteiger partial charge in [-0.05, 0) is 31.2 Å². The van der Waals surface area contributed by atoms with Crippen LogP contribution < -0.4 is 5.73 Å². The van der Waals surface area contributed by atoms with Crippen LogP contribution in [0.1, 0.15) is 15.9 Å². The van der Waals surface area contributed by atoms with E-state index in [0.29, 0.717) is 5.56 Å². The van der Waals surface area contributed by atoms with E-state index in [-0.39, 0.29) is 11.5 Å². The number of carbonyl (C=O) groups excluding carboxylic acids is 1. The van der Waals surface area contributed by atoms with E-state index in [0.717, 1.165) is 5.56 Å². The van der Waals surface area contributed by atoms with Crippen LogP contribution in [0.25, 0.3) is 0 Å². The van der Waals surface area contributed by atoms with Crippen molar-refractivity contribution >= 4 is 16.1 Å². The first-order valence-corrected chi connectivity index (χ1v) is 10.4. The lowest BCUT2D eigenvalue weighted by Crippen LogP contribution is -2.59. The van der Waals surface area contributed by atoms with E-state index in [1.807, 2.05) is 6.92 Å². The molecule has 3 rings (SSSR count). The Morgan fingerprint density at radius 2 is 1.72 bits per heavy atom. The molecule has 2 aromatic carbocycles. The number of ether oxygens (including phenoxy) is 3. The molecule has 2 N–H and O–H groups in total. The second-order valence-corrected chi connectivity index (χ2v) is 8.24. The van der Waals surface area contributed by atoms with E-state index in [1.54, 1.807) is 42.5 Å². The summed E-state index contributed by atoms with van der Waals surface area (Å²) >= 11 is 0. The predicted molar refractivity (Wildman–Crippen MR) is 104 cm³/mol. The van der Waals surface area contributed by atoms with Crippen molar-refractivity contribution in [3.8, 4) is 0 Å². The average Bonchev–Trinajstić information content (AvgIpc) is 2.71. The molecule has 0 unspecified atom stereocenters. The summed E-state index contributed by atoms with van der Waals surface area (Å²) in [4.78, 5) is 12.5. The summed E-state index contributed by atoms with van der Waals surface area (Å²) in [5.41, 5.74) is 7.25. The number of esters is 1. The van der Waals surface area contributed by atoms with Gasteiger partial charge in [-0.2, -0.15) is 8.42 Å². The monoisotopic (exact) mass is 421 g/mol. The standard InChI is InChI=1S/C20H23NO7S/c1-13-8-10-15(11-9-13)29(23,24)28-17-16(21)12-26-20(25-2)18(17)27-19(22)14-6-4-3-5-7-14/h3-11,16-18,20H,12,21H2,1-2H3/t16-,17-,18+,20-/m0/s1. The van der Waals surface area contributed by atoms with Crippen molar-refractivity contribution in [2.45, 2.75) is 36.4 Å². The lowest BCUT2D eigenvalue weighted by atomic mass is 10.0. The van der Waals surface area contributed by atoms with Gasteiger partial charge in [-0.1, -0.05) is 35.9 Å². The van der Waals surface area contributed by atoms with Gasteiger partial charge in [0.15, 0.2) is 12.4 Å². The summed E-state index contributed by atoms with van der Waals surface area (Å²) in [6.07, 6.45) is -3.40. The van der Waals surface area contributed by atoms with Gasteiger partial charge in [-0.3, -0.25) is 4.18 Å². The summed E-state index contributed by atoms with van der Waals surface area (Å²) in [7, 11) is -2.80. The van der Waals surface area contributed by atoms with E-state index in [9.17, 15) is 13.2 Å². The van der Waals surface area contributed by atoms with Crippen LogP contribution in [0.15, 0.2) is 59.5 Å². The van der Waals surface area contributed by atoms with Crippen LogP contribution in [0.2, 0.25) is 0 Å². The maximum Gasteiger partial charge on any atom is 0.338 e. The normalized spacial score (nSPS) is 24.8. The minimum Gasteiger partial charge on any atom is -0.450 e. The van der Waals surface area contributed by atoms with Gasteiger partial charge in [-0.25, -0.2) is 4.79 Å². The minimum absolute atomic E-state index is 0.0218. The number of hydrogen-bond acceptors (Lipinski definition) is 8. The number of rotatable bonds is 6. The summed E-state index contributed by atoms with van der Waals surface area (Å²) in [6.45, 7) is 1.82. The van der Waals surface area contributed by atoms with Gasteiger partial charge in [0.1, 0.15) is 6.10 Å². The van der Waals surface area contributed by atoms with Crippen molar-refractivity contribution in [1.82, 2.24) is 0 Å². The summed E-state index contributed by atoms with van der Waals surface area (Å²) in [5.74, 6) is -0.670. The smallest absolute Gasteiger partial charge is 0.338 e. The Bertz CT molecular complexity index is 931. The molecule has 0 saturated carbocycles. The van der Waals surface area contributed by atoms with Crippen molar-refractivity contribution in [1.29, 1.82) is 0 Å². The molecule has 1 aliphatic rings. The third-order valence-electron chi connectivity index (χ3n) is 4.50. The van der Waals surface area contributed by atoms with Crippen molar-refractivity contribution < 1.29 is 31.6 Å². The molecule has 9 heteroatoms.